The maximum atomic E-state index is 11.8. The van der Waals surface area contributed by atoms with Crippen molar-refractivity contribution in [3.63, 3.8) is 0 Å². The predicted octanol–water partition coefficient (Wildman–Crippen LogP) is 2.28. The van der Waals surface area contributed by atoms with E-state index in [2.05, 4.69) is 5.32 Å². The second kappa shape index (κ2) is 7.14. The van der Waals surface area contributed by atoms with Crippen molar-refractivity contribution in [3.8, 4) is 5.75 Å². The highest BCUT2D eigenvalue weighted by molar-refractivity contribution is 5.80. The summed E-state index contributed by atoms with van der Waals surface area (Å²) in [5.41, 5.74) is 0.823. The van der Waals surface area contributed by atoms with Gasteiger partial charge in [-0.1, -0.05) is 26.0 Å². The monoisotopic (exact) mass is 265 g/mol. The molecule has 4 heteroatoms. The Hall–Kier alpha value is -1.55. The van der Waals surface area contributed by atoms with Crippen molar-refractivity contribution in [2.45, 2.75) is 39.9 Å². The van der Waals surface area contributed by atoms with E-state index in [0.29, 0.717) is 18.2 Å². The summed E-state index contributed by atoms with van der Waals surface area (Å²) < 4.78 is 5.55. The van der Waals surface area contributed by atoms with Crippen LogP contribution in [0.5, 0.6) is 5.75 Å². The number of hydrogen-bond acceptors (Lipinski definition) is 3. The molecule has 106 valence electrons. The minimum absolute atomic E-state index is 0.117. The quantitative estimate of drug-likeness (QED) is 0.829. The highest BCUT2D eigenvalue weighted by Gasteiger charge is 2.14. The largest absolute Gasteiger partial charge is 0.481 e. The molecule has 2 N–H and O–H groups in total. The molecule has 1 amide bonds. The lowest BCUT2D eigenvalue weighted by Crippen LogP contribution is -2.38. The Kier molecular flexibility index (Phi) is 5.83. The maximum Gasteiger partial charge on any atom is 0.260 e. The first-order chi connectivity index (χ1) is 8.90. The molecule has 4 nitrogen and oxygen atoms in total. The number of amides is 1. The molecule has 0 aliphatic rings. The lowest BCUT2D eigenvalue weighted by molar-refractivity contribution is -0.127. The van der Waals surface area contributed by atoms with Crippen LogP contribution in [0.15, 0.2) is 24.3 Å². The van der Waals surface area contributed by atoms with Gasteiger partial charge < -0.3 is 15.2 Å². The fourth-order valence-corrected chi connectivity index (χ4v) is 1.53. The molecule has 0 spiro atoms. The summed E-state index contributed by atoms with van der Waals surface area (Å²) in [5, 5.41) is 12.2. The molecule has 0 aliphatic carbocycles. The molecule has 0 radical (unpaired) electrons. The Bertz CT molecular complexity index is 398. The van der Waals surface area contributed by atoms with Crippen molar-refractivity contribution >= 4 is 5.91 Å². The number of hydrogen-bond donors (Lipinski definition) is 2. The van der Waals surface area contributed by atoms with Gasteiger partial charge in [0.1, 0.15) is 5.75 Å². The molecule has 1 aromatic carbocycles. The number of benzene rings is 1. The summed E-state index contributed by atoms with van der Waals surface area (Å²) in [4.78, 5) is 11.8. The van der Waals surface area contributed by atoms with Crippen LogP contribution < -0.4 is 10.1 Å². The van der Waals surface area contributed by atoms with Gasteiger partial charge >= 0.3 is 0 Å². The van der Waals surface area contributed by atoms with Gasteiger partial charge in [0, 0.05) is 6.54 Å². The smallest absolute Gasteiger partial charge is 0.260 e. The zero-order valence-corrected chi connectivity index (χ0v) is 12.0. The van der Waals surface area contributed by atoms with Crippen molar-refractivity contribution in [1.82, 2.24) is 5.32 Å². The van der Waals surface area contributed by atoms with Gasteiger partial charge in [-0.25, -0.2) is 0 Å². The highest BCUT2D eigenvalue weighted by Crippen LogP contribution is 2.18. The van der Waals surface area contributed by atoms with E-state index in [1.54, 1.807) is 38.1 Å². The Morgan fingerprint density at radius 1 is 1.21 bits per heavy atom. The molecule has 0 aliphatic heterocycles. The van der Waals surface area contributed by atoms with Crippen LogP contribution in [0.2, 0.25) is 0 Å². The van der Waals surface area contributed by atoms with Gasteiger partial charge in [0.25, 0.3) is 5.91 Å². The molecular formula is C15H23NO3. The SMILES string of the molecule is CC(C)CNC(=O)C(C)Oc1ccc(C(C)O)cc1. The standard InChI is InChI=1S/C15H23NO3/c1-10(2)9-16-15(18)12(4)19-14-7-5-13(6-8-14)11(3)17/h5-8,10-12,17H,9H2,1-4H3,(H,16,18). The molecule has 0 aromatic heterocycles. The zero-order chi connectivity index (χ0) is 14.4. The van der Waals surface area contributed by atoms with E-state index in [1.165, 1.54) is 0 Å². The van der Waals surface area contributed by atoms with Crippen molar-refractivity contribution < 1.29 is 14.6 Å². The Morgan fingerprint density at radius 2 is 1.79 bits per heavy atom. The molecule has 2 unspecified atom stereocenters. The Balaban J connectivity index is 2.51. The molecule has 19 heavy (non-hydrogen) atoms. The number of carbonyl (C=O) groups is 1. The summed E-state index contributed by atoms with van der Waals surface area (Å²) in [6.45, 7) is 8.16. The minimum atomic E-state index is -0.531. The van der Waals surface area contributed by atoms with Crippen LogP contribution in [0.3, 0.4) is 0 Å². The summed E-state index contributed by atoms with van der Waals surface area (Å²) in [6, 6.07) is 7.10. The first-order valence-electron chi connectivity index (χ1n) is 6.62. The third kappa shape index (κ3) is 5.30. The normalized spacial score (nSPS) is 14.0. The van der Waals surface area contributed by atoms with Crippen LogP contribution in [0.1, 0.15) is 39.4 Å². The van der Waals surface area contributed by atoms with Gasteiger partial charge in [0.15, 0.2) is 6.10 Å². The number of nitrogens with one attached hydrogen (secondary N) is 1. The molecule has 0 fully saturated rings. The molecule has 1 aromatic rings. The molecule has 0 saturated carbocycles. The van der Waals surface area contributed by atoms with Crippen molar-refractivity contribution in [2.24, 2.45) is 5.92 Å². The first kappa shape index (κ1) is 15.5. The van der Waals surface area contributed by atoms with Crippen molar-refractivity contribution in [3.05, 3.63) is 29.8 Å². The van der Waals surface area contributed by atoms with Crippen LogP contribution in [0.25, 0.3) is 0 Å². The Morgan fingerprint density at radius 3 is 2.26 bits per heavy atom. The van der Waals surface area contributed by atoms with E-state index in [9.17, 15) is 9.90 Å². The van der Waals surface area contributed by atoms with Crippen molar-refractivity contribution in [1.29, 1.82) is 0 Å². The fourth-order valence-electron chi connectivity index (χ4n) is 1.53. The van der Waals surface area contributed by atoms with Gasteiger partial charge in [-0.3, -0.25) is 4.79 Å². The Labute approximate surface area is 114 Å². The molecule has 0 saturated heterocycles. The lowest BCUT2D eigenvalue weighted by Gasteiger charge is -2.16. The maximum absolute atomic E-state index is 11.8. The van der Waals surface area contributed by atoms with Crippen LogP contribution in [-0.4, -0.2) is 23.7 Å². The van der Waals surface area contributed by atoms with Crippen molar-refractivity contribution in [2.75, 3.05) is 6.54 Å². The summed E-state index contributed by atoms with van der Waals surface area (Å²) in [5.74, 6) is 0.923. The average Bonchev–Trinajstić information content (AvgIpc) is 2.36. The number of carbonyl (C=O) groups excluding carboxylic acids is 1. The third-order valence-corrected chi connectivity index (χ3v) is 2.73. The lowest BCUT2D eigenvalue weighted by atomic mass is 10.1. The summed E-state index contributed by atoms with van der Waals surface area (Å²) in [7, 11) is 0. The van der Waals surface area contributed by atoms with E-state index >= 15 is 0 Å². The number of ether oxygens (including phenoxy) is 1. The van der Waals surface area contributed by atoms with Crippen LogP contribution in [0, 0.1) is 5.92 Å². The second-order valence-corrected chi connectivity index (χ2v) is 5.14. The van der Waals surface area contributed by atoms with E-state index in [-0.39, 0.29) is 5.91 Å². The topological polar surface area (TPSA) is 58.6 Å². The number of rotatable bonds is 6. The third-order valence-electron chi connectivity index (χ3n) is 2.73. The number of aliphatic hydroxyl groups is 1. The second-order valence-electron chi connectivity index (χ2n) is 5.14. The van der Waals surface area contributed by atoms with E-state index < -0.39 is 12.2 Å². The van der Waals surface area contributed by atoms with E-state index in [0.717, 1.165) is 5.56 Å². The molecule has 2 atom stereocenters. The minimum Gasteiger partial charge on any atom is -0.481 e. The molecular weight excluding hydrogens is 242 g/mol. The van der Waals surface area contributed by atoms with E-state index in [1.807, 2.05) is 13.8 Å². The molecule has 1 rings (SSSR count). The summed E-state index contributed by atoms with van der Waals surface area (Å²) in [6.07, 6.45) is -1.03. The number of aliphatic hydroxyl groups excluding tert-OH is 1. The average molecular weight is 265 g/mol. The zero-order valence-electron chi connectivity index (χ0n) is 12.0. The van der Waals surface area contributed by atoms with Crippen LogP contribution in [-0.2, 0) is 4.79 Å². The van der Waals surface area contributed by atoms with E-state index in [4.69, 9.17) is 4.74 Å². The predicted molar refractivity (Wildman–Crippen MR) is 75.0 cm³/mol. The molecule has 0 bridgehead atoms. The molecule has 0 heterocycles. The van der Waals surface area contributed by atoms with Gasteiger partial charge in [-0.15, -0.1) is 0 Å². The van der Waals surface area contributed by atoms with Gasteiger partial charge in [-0.2, -0.15) is 0 Å². The fraction of sp³-hybridized carbons (Fsp3) is 0.533. The van der Waals surface area contributed by atoms with Gasteiger partial charge in [0.05, 0.1) is 6.10 Å². The van der Waals surface area contributed by atoms with Gasteiger partial charge in [0.2, 0.25) is 0 Å². The van der Waals surface area contributed by atoms with Crippen LogP contribution in [0.4, 0.5) is 0 Å². The summed E-state index contributed by atoms with van der Waals surface area (Å²) >= 11 is 0. The van der Waals surface area contributed by atoms with Crippen LogP contribution >= 0.6 is 0 Å². The first-order valence-corrected chi connectivity index (χ1v) is 6.62. The highest BCUT2D eigenvalue weighted by atomic mass is 16.5. The van der Waals surface area contributed by atoms with Gasteiger partial charge in [-0.05, 0) is 37.5 Å².